The molecule has 3 heterocycles. The molecule has 0 saturated heterocycles. The molecular weight excluding hydrogens is 984 g/mol. The van der Waals surface area contributed by atoms with Crippen molar-refractivity contribution < 1.29 is 21.1 Å². The van der Waals surface area contributed by atoms with E-state index >= 15 is 0 Å². The fourth-order valence-corrected chi connectivity index (χ4v) is 9.80. The summed E-state index contributed by atoms with van der Waals surface area (Å²) in [7, 11) is 0. The Balaban J connectivity index is 0.00000548. The Bertz CT molecular complexity index is 3170. The summed E-state index contributed by atoms with van der Waals surface area (Å²) in [5.41, 5.74) is 13.9. The number of hydrogen-bond acceptors (Lipinski definition) is 3. The molecule has 4 nitrogen and oxygen atoms in total. The van der Waals surface area contributed by atoms with Gasteiger partial charge < -0.3 is 14.4 Å². The molecular formula is C61H57N4Pt-3. The Morgan fingerprint density at radius 1 is 0.470 bits per heavy atom. The minimum atomic E-state index is -0.474. The molecule has 0 radical (unpaired) electrons. The Labute approximate surface area is 406 Å². The second-order valence-corrected chi connectivity index (χ2v) is 20.4. The van der Waals surface area contributed by atoms with E-state index in [0.717, 1.165) is 50.4 Å². The van der Waals surface area contributed by atoms with Gasteiger partial charge >= 0.3 is 0 Å². The van der Waals surface area contributed by atoms with Crippen LogP contribution in [-0.2, 0) is 42.7 Å². The maximum atomic E-state index is 5.12. The number of nitrogens with zero attached hydrogens (tertiary/aromatic N) is 4. The molecule has 0 saturated carbocycles. The van der Waals surface area contributed by atoms with Crippen LogP contribution in [0.2, 0.25) is 0 Å². The van der Waals surface area contributed by atoms with Gasteiger partial charge in [0.2, 0.25) is 0 Å². The molecule has 1 aliphatic heterocycles. The molecule has 0 amide bonds. The summed E-state index contributed by atoms with van der Waals surface area (Å²) < 4.78 is 2.31. The largest absolute Gasteiger partial charge is 0.493 e. The Kier molecular flexibility index (Phi) is 11.5. The van der Waals surface area contributed by atoms with Crippen molar-refractivity contribution in [3.63, 3.8) is 0 Å². The number of anilines is 4. The molecule has 0 N–H and O–H groups in total. The third kappa shape index (κ3) is 7.68. The molecule has 0 aliphatic carbocycles. The van der Waals surface area contributed by atoms with Crippen LogP contribution in [0, 0.1) is 18.8 Å². The summed E-state index contributed by atoms with van der Waals surface area (Å²) in [5.74, 6) is 0.863. The van der Waals surface area contributed by atoms with Gasteiger partial charge in [0.05, 0.1) is 0 Å². The van der Waals surface area contributed by atoms with Crippen molar-refractivity contribution >= 4 is 44.6 Å². The maximum Gasteiger partial charge on any atom is 0.135 e. The predicted molar refractivity (Wildman–Crippen MR) is 272 cm³/mol. The van der Waals surface area contributed by atoms with Crippen LogP contribution in [0.5, 0.6) is 0 Å². The first-order valence-corrected chi connectivity index (χ1v) is 22.9. The zero-order valence-electron chi connectivity index (χ0n) is 39.4. The fraction of sp³-hybridized carbons (Fsp3) is 0.213. The number of hydrogen-bond donors (Lipinski definition) is 0. The van der Waals surface area contributed by atoms with Crippen LogP contribution in [-0.4, -0.2) is 9.55 Å². The van der Waals surface area contributed by atoms with Crippen molar-refractivity contribution in [1.82, 2.24) is 9.55 Å². The molecule has 66 heavy (non-hydrogen) atoms. The number of pyridine rings is 1. The number of fused-ring (bicyclic) bond motifs is 4. The zero-order valence-corrected chi connectivity index (χ0v) is 41.7. The summed E-state index contributed by atoms with van der Waals surface area (Å²) >= 11 is 0. The van der Waals surface area contributed by atoms with Gasteiger partial charge in [-0.1, -0.05) is 170 Å². The van der Waals surface area contributed by atoms with Crippen molar-refractivity contribution in [2.45, 2.75) is 84.0 Å². The summed E-state index contributed by atoms with van der Waals surface area (Å²) in [4.78, 5) is 9.79. The molecule has 334 valence electrons. The van der Waals surface area contributed by atoms with E-state index < -0.39 is 10.8 Å². The van der Waals surface area contributed by atoms with Gasteiger partial charge in [-0.25, -0.2) is 4.98 Å². The van der Waals surface area contributed by atoms with E-state index in [9.17, 15) is 0 Å². The van der Waals surface area contributed by atoms with Gasteiger partial charge in [0.25, 0.3) is 0 Å². The summed E-state index contributed by atoms with van der Waals surface area (Å²) in [6, 6.07) is 69.5. The monoisotopic (exact) mass is 1040 g/mol. The normalized spacial score (nSPS) is 13.3. The molecule has 0 spiro atoms. The molecule has 7 aromatic carbocycles. The standard InChI is InChI=1S/C61H57N4.Pt/c1-58(2,3)46-36-47(38-48(37-46)63-41-64(55-31-21-20-30-54(55)63)53-29-19-17-27-51(53)59(4,5)6)60(7,8)44-32-33-50-49-26-16-18-28-52(49)65(56(50)39-44)57-40-45(34-35-62-57)61(9,42-22-12-10-13-23-42)43-24-14-11-15-25-43;/h10-37,40-41H,1-9H3;/q-3;. The topological polar surface area (TPSA) is 24.3 Å². The third-order valence-electron chi connectivity index (χ3n) is 13.8. The minimum Gasteiger partial charge on any atom is -0.493 e. The Morgan fingerprint density at radius 3 is 1.71 bits per heavy atom. The quantitative estimate of drug-likeness (QED) is 0.142. The van der Waals surface area contributed by atoms with Crippen molar-refractivity contribution in [3.8, 4) is 5.82 Å². The molecule has 2 aromatic heterocycles. The maximum absolute atomic E-state index is 5.12. The molecule has 0 unspecified atom stereocenters. The first-order chi connectivity index (χ1) is 31.1. The van der Waals surface area contributed by atoms with Crippen molar-refractivity contribution in [2.75, 3.05) is 9.80 Å². The van der Waals surface area contributed by atoms with E-state index in [-0.39, 0.29) is 31.9 Å². The van der Waals surface area contributed by atoms with E-state index in [1.54, 1.807) is 0 Å². The average molecular weight is 1040 g/mol. The molecule has 0 fully saturated rings. The third-order valence-corrected chi connectivity index (χ3v) is 13.8. The van der Waals surface area contributed by atoms with Crippen LogP contribution in [0.25, 0.3) is 27.6 Å². The van der Waals surface area contributed by atoms with Gasteiger partial charge in [-0.3, -0.25) is 0 Å². The van der Waals surface area contributed by atoms with Crippen LogP contribution in [0.1, 0.15) is 101 Å². The summed E-state index contributed by atoms with van der Waals surface area (Å²) in [6.45, 7) is 23.0. The fourth-order valence-electron chi connectivity index (χ4n) is 9.80. The van der Waals surface area contributed by atoms with Gasteiger partial charge in [0.1, 0.15) is 5.82 Å². The summed E-state index contributed by atoms with van der Waals surface area (Å²) in [5, 5.41) is 2.32. The molecule has 10 rings (SSSR count). The molecule has 0 bridgehead atoms. The molecule has 5 heteroatoms. The SMILES string of the molecule is CC(C)(C)c1cc(N2[CH-]N(c3ccccc3C(C)(C)C)c3ccccc32)[c-]c(C(C)(C)c2[c-]c3c(cc2)c2ccccc2n3-c2cc(C(C)(c3ccccc3)c3ccccc3)ccn2)c1.[Pt]. The van der Waals surface area contributed by atoms with Crippen molar-refractivity contribution in [3.05, 3.63) is 234 Å². The van der Waals surface area contributed by atoms with Crippen LogP contribution in [0.15, 0.2) is 176 Å². The average Bonchev–Trinajstić information content (AvgIpc) is 3.87. The predicted octanol–water partition coefficient (Wildman–Crippen LogP) is 15.5. The van der Waals surface area contributed by atoms with Gasteiger partial charge in [-0.05, 0) is 87.2 Å². The van der Waals surface area contributed by atoms with Crippen LogP contribution < -0.4 is 9.80 Å². The van der Waals surface area contributed by atoms with Gasteiger partial charge in [-0.15, -0.1) is 23.8 Å². The number of rotatable bonds is 8. The van der Waals surface area contributed by atoms with E-state index in [1.807, 2.05) is 6.20 Å². The van der Waals surface area contributed by atoms with Crippen molar-refractivity contribution in [1.29, 1.82) is 0 Å². The smallest absolute Gasteiger partial charge is 0.135 e. The van der Waals surface area contributed by atoms with Gasteiger partial charge in [0.15, 0.2) is 0 Å². The molecule has 0 atom stereocenters. The van der Waals surface area contributed by atoms with E-state index in [2.05, 4.69) is 265 Å². The van der Waals surface area contributed by atoms with Crippen LogP contribution in [0.4, 0.5) is 22.7 Å². The minimum absolute atomic E-state index is 0. The first-order valence-electron chi connectivity index (χ1n) is 22.9. The number of benzene rings is 7. The first kappa shape index (κ1) is 45.0. The van der Waals surface area contributed by atoms with E-state index in [1.165, 1.54) is 38.9 Å². The Hall–Kier alpha value is -6.22. The van der Waals surface area contributed by atoms with Crippen molar-refractivity contribution in [2.24, 2.45) is 0 Å². The Morgan fingerprint density at radius 2 is 1.06 bits per heavy atom. The molecule has 1 aliphatic rings. The number of para-hydroxylation sites is 4. The molecule has 9 aromatic rings. The van der Waals surface area contributed by atoms with E-state index in [4.69, 9.17) is 4.98 Å². The van der Waals surface area contributed by atoms with E-state index in [0.29, 0.717) is 0 Å². The van der Waals surface area contributed by atoms with Crippen LogP contribution >= 0.6 is 0 Å². The van der Waals surface area contributed by atoms with Gasteiger partial charge in [0, 0.05) is 55.3 Å². The zero-order chi connectivity index (χ0) is 45.3. The van der Waals surface area contributed by atoms with Gasteiger partial charge in [-0.2, -0.15) is 47.0 Å². The second-order valence-electron chi connectivity index (χ2n) is 20.4. The number of aromatic nitrogens is 2. The summed E-state index contributed by atoms with van der Waals surface area (Å²) in [6.07, 6.45) is 1.97. The van der Waals surface area contributed by atoms with Crippen LogP contribution in [0.3, 0.4) is 0 Å². The second kappa shape index (κ2) is 16.9.